The summed E-state index contributed by atoms with van der Waals surface area (Å²) in [7, 11) is 1.45. The van der Waals surface area contributed by atoms with Gasteiger partial charge in [0.05, 0.1) is 4.92 Å². The Morgan fingerprint density at radius 1 is 1.44 bits per heavy atom. The lowest BCUT2D eigenvalue weighted by molar-refractivity contribution is -0.385. The van der Waals surface area contributed by atoms with Crippen LogP contribution in [0.5, 0.6) is 5.75 Å². The van der Waals surface area contributed by atoms with Gasteiger partial charge in [0.2, 0.25) is 5.75 Å². The number of hydrogen-bond donors (Lipinski definition) is 1. The normalized spacial score (nSPS) is 12.0. The zero-order valence-corrected chi connectivity index (χ0v) is 11.0. The van der Waals surface area contributed by atoms with Gasteiger partial charge in [-0.15, -0.1) is 0 Å². The highest BCUT2D eigenvalue weighted by atomic mass is 16.6. The number of benzene rings is 1. The fraction of sp³-hybridized carbons (Fsp3) is 0.500. The van der Waals surface area contributed by atoms with E-state index in [2.05, 4.69) is 10.2 Å². The Labute approximate surface area is 106 Å². The SMILES string of the molecule is CCC(C)(C)c1cc(N=NC)c(O)c([N+](=O)[O-])c1. The molecule has 1 N–H and O–H groups in total. The third kappa shape index (κ3) is 2.64. The first-order chi connectivity index (χ1) is 8.33. The monoisotopic (exact) mass is 251 g/mol. The standard InChI is InChI=1S/C12H17N3O3/c1-5-12(2,3)8-6-9(14-13-4)11(16)10(7-8)15(17)18/h6-7,16H,5H2,1-4H3. The molecular weight excluding hydrogens is 234 g/mol. The molecule has 0 atom stereocenters. The van der Waals surface area contributed by atoms with Gasteiger partial charge in [-0.2, -0.15) is 10.2 Å². The van der Waals surface area contributed by atoms with Gasteiger partial charge < -0.3 is 5.11 Å². The predicted molar refractivity (Wildman–Crippen MR) is 68.5 cm³/mol. The quantitative estimate of drug-likeness (QED) is 0.502. The van der Waals surface area contributed by atoms with Crippen LogP contribution in [0.15, 0.2) is 22.4 Å². The molecule has 0 aromatic heterocycles. The number of phenolic OH excluding ortho intramolecular Hbond substituents is 1. The van der Waals surface area contributed by atoms with Crippen LogP contribution < -0.4 is 0 Å². The predicted octanol–water partition coefficient (Wildman–Crippen LogP) is 3.70. The molecule has 0 spiro atoms. The summed E-state index contributed by atoms with van der Waals surface area (Å²) in [4.78, 5) is 10.3. The summed E-state index contributed by atoms with van der Waals surface area (Å²) >= 11 is 0. The maximum atomic E-state index is 10.9. The van der Waals surface area contributed by atoms with Crippen molar-refractivity contribution >= 4 is 11.4 Å². The number of nitrogens with zero attached hydrogens (tertiary/aromatic N) is 3. The summed E-state index contributed by atoms with van der Waals surface area (Å²) in [6.45, 7) is 5.96. The van der Waals surface area contributed by atoms with E-state index >= 15 is 0 Å². The Kier molecular flexibility index (Phi) is 4.00. The van der Waals surface area contributed by atoms with E-state index in [-0.39, 0.29) is 16.8 Å². The lowest BCUT2D eigenvalue weighted by atomic mass is 9.82. The number of hydrogen-bond acceptors (Lipinski definition) is 5. The Bertz CT molecular complexity index is 496. The van der Waals surface area contributed by atoms with Gasteiger partial charge >= 0.3 is 5.69 Å². The molecule has 0 unspecified atom stereocenters. The molecule has 1 aromatic carbocycles. The lowest BCUT2D eigenvalue weighted by Crippen LogP contribution is -2.15. The molecule has 18 heavy (non-hydrogen) atoms. The average molecular weight is 251 g/mol. The molecule has 0 amide bonds. The molecule has 98 valence electrons. The second-order valence-corrected chi connectivity index (χ2v) is 4.66. The Morgan fingerprint density at radius 2 is 2.06 bits per heavy atom. The van der Waals surface area contributed by atoms with Gasteiger partial charge in [0.15, 0.2) is 0 Å². The highest BCUT2D eigenvalue weighted by Gasteiger charge is 2.26. The smallest absolute Gasteiger partial charge is 0.313 e. The Hall–Kier alpha value is -1.98. The molecule has 0 bridgehead atoms. The second kappa shape index (κ2) is 5.12. The van der Waals surface area contributed by atoms with Crippen LogP contribution in [0.3, 0.4) is 0 Å². The van der Waals surface area contributed by atoms with Crippen LogP contribution in [-0.4, -0.2) is 17.1 Å². The molecule has 1 rings (SSSR count). The van der Waals surface area contributed by atoms with Crippen molar-refractivity contribution in [3.8, 4) is 5.75 Å². The van der Waals surface area contributed by atoms with Crippen LogP contribution in [0, 0.1) is 10.1 Å². The second-order valence-electron chi connectivity index (χ2n) is 4.66. The minimum atomic E-state index is -0.612. The van der Waals surface area contributed by atoms with Gasteiger partial charge in [0.1, 0.15) is 5.69 Å². The summed E-state index contributed by atoms with van der Waals surface area (Å²) in [5.74, 6) is -0.443. The maximum Gasteiger partial charge on any atom is 0.313 e. The van der Waals surface area contributed by atoms with Gasteiger partial charge in [-0.1, -0.05) is 20.8 Å². The molecule has 0 saturated heterocycles. The van der Waals surface area contributed by atoms with E-state index in [1.807, 2.05) is 20.8 Å². The third-order valence-electron chi connectivity index (χ3n) is 3.14. The number of aromatic hydroxyl groups is 1. The van der Waals surface area contributed by atoms with Crippen LogP contribution in [0.25, 0.3) is 0 Å². The fourth-order valence-electron chi connectivity index (χ4n) is 1.52. The molecule has 0 fully saturated rings. The van der Waals surface area contributed by atoms with Crippen molar-refractivity contribution in [1.29, 1.82) is 0 Å². The number of rotatable bonds is 4. The van der Waals surface area contributed by atoms with E-state index in [4.69, 9.17) is 0 Å². The molecule has 6 nitrogen and oxygen atoms in total. The van der Waals surface area contributed by atoms with Gasteiger partial charge in [-0.25, -0.2) is 0 Å². The first-order valence-corrected chi connectivity index (χ1v) is 5.65. The molecule has 0 heterocycles. The summed E-state index contributed by atoms with van der Waals surface area (Å²) < 4.78 is 0. The summed E-state index contributed by atoms with van der Waals surface area (Å²) in [6.07, 6.45) is 0.817. The number of nitro groups is 1. The first kappa shape index (κ1) is 14.1. The molecule has 0 saturated carbocycles. The topological polar surface area (TPSA) is 88.1 Å². The van der Waals surface area contributed by atoms with E-state index < -0.39 is 10.7 Å². The van der Waals surface area contributed by atoms with E-state index in [1.165, 1.54) is 13.1 Å². The zero-order chi connectivity index (χ0) is 13.9. The number of azo groups is 1. The van der Waals surface area contributed by atoms with Crippen LogP contribution in [0.4, 0.5) is 11.4 Å². The van der Waals surface area contributed by atoms with Crippen molar-refractivity contribution in [2.24, 2.45) is 10.2 Å². The molecule has 0 aliphatic heterocycles. The van der Waals surface area contributed by atoms with E-state index in [0.717, 1.165) is 12.0 Å². The van der Waals surface area contributed by atoms with E-state index in [0.29, 0.717) is 0 Å². The van der Waals surface area contributed by atoms with Crippen LogP contribution in [0.1, 0.15) is 32.8 Å². The Morgan fingerprint density at radius 3 is 2.50 bits per heavy atom. The summed E-state index contributed by atoms with van der Waals surface area (Å²) in [5.41, 5.74) is 0.327. The largest absolute Gasteiger partial charge is 0.501 e. The van der Waals surface area contributed by atoms with Gasteiger partial charge in [0, 0.05) is 13.1 Å². The zero-order valence-electron chi connectivity index (χ0n) is 11.0. The minimum Gasteiger partial charge on any atom is -0.501 e. The van der Waals surface area contributed by atoms with Crippen molar-refractivity contribution in [3.05, 3.63) is 27.8 Å². The van der Waals surface area contributed by atoms with Gasteiger partial charge in [-0.3, -0.25) is 10.1 Å². The van der Waals surface area contributed by atoms with Gasteiger partial charge in [-0.05, 0) is 23.5 Å². The Balaban J connectivity index is 3.52. The minimum absolute atomic E-state index is 0.128. The van der Waals surface area contributed by atoms with Crippen LogP contribution >= 0.6 is 0 Å². The third-order valence-corrected chi connectivity index (χ3v) is 3.14. The molecular formula is C12H17N3O3. The van der Waals surface area contributed by atoms with Crippen LogP contribution in [0.2, 0.25) is 0 Å². The highest BCUT2D eigenvalue weighted by molar-refractivity contribution is 5.64. The van der Waals surface area contributed by atoms with Crippen LogP contribution in [-0.2, 0) is 5.41 Å². The molecule has 0 radical (unpaired) electrons. The van der Waals surface area contributed by atoms with Crippen molar-refractivity contribution in [3.63, 3.8) is 0 Å². The van der Waals surface area contributed by atoms with E-state index in [9.17, 15) is 15.2 Å². The maximum absolute atomic E-state index is 10.9. The molecule has 6 heteroatoms. The van der Waals surface area contributed by atoms with E-state index in [1.54, 1.807) is 6.07 Å². The lowest BCUT2D eigenvalue weighted by Gasteiger charge is -2.23. The number of phenols is 1. The average Bonchev–Trinajstić information content (AvgIpc) is 2.31. The molecule has 0 aliphatic carbocycles. The fourth-order valence-corrected chi connectivity index (χ4v) is 1.52. The van der Waals surface area contributed by atoms with Gasteiger partial charge in [0.25, 0.3) is 0 Å². The molecule has 1 aromatic rings. The number of nitro benzene ring substituents is 1. The summed E-state index contributed by atoms with van der Waals surface area (Å²) in [5, 5.41) is 28.0. The van der Waals surface area contributed by atoms with Crippen molar-refractivity contribution in [1.82, 2.24) is 0 Å². The van der Waals surface area contributed by atoms with Crippen molar-refractivity contribution in [2.45, 2.75) is 32.6 Å². The highest BCUT2D eigenvalue weighted by Crippen LogP contribution is 2.41. The molecule has 0 aliphatic rings. The summed E-state index contributed by atoms with van der Waals surface area (Å²) in [6, 6.07) is 3.03. The van der Waals surface area contributed by atoms with Crippen molar-refractivity contribution < 1.29 is 10.0 Å². The first-order valence-electron chi connectivity index (χ1n) is 5.65. The van der Waals surface area contributed by atoms with Crippen molar-refractivity contribution in [2.75, 3.05) is 7.05 Å².